The smallest absolute Gasteiger partial charge is 0.123 e. The third-order valence-corrected chi connectivity index (χ3v) is 4.09. The Bertz CT molecular complexity index is 411. The molecule has 0 saturated carbocycles. The average Bonchev–Trinajstić information content (AvgIpc) is 2.45. The van der Waals surface area contributed by atoms with Gasteiger partial charge in [0.15, 0.2) is 0 Å². The van der Waals surface area contributed by atoms with Crippen LogP contribution in [0, 0.1) is 11.7 Å². The molecule has 3 nitrogen and oxygen atoms in total. The van der Waals surface area contributed by atoms with Crippen molar-refractivity contribution < 1.29 is 14.6 Å². The zero-order chi connectivity index (χ0) is 14.4. The fourth-order valence-electron chi connectivity index (χ4n) is 2.96. The molecule has 0 spiro atoms. The summed E-state index contributed by atoms with van der Waals surface area (Å²) in [5, 5.41) is 19.1. The summed E-state index contributed by atoms with van der Waals surface area (Å²) in [5.74, 6) is 0.266. The molecule has 2 unspecified atom stereocenters. The number of hydrogen-bond donors (Lipinski definition) is 2. The van der Waals surface area contributed by atoms with Gasteiger partial charge in [-0.25, -0.2) is 4.39 Å². The molecule has 112 valence electrons. The van der Waals surface area contributed by atoms with E-state index in [0.717, 1.165) is 32.5 Å². The average molecular weight is 281 g/mol. The second kappa shape index (κ2) is 7.72. The van der Waals surface area contributed by atoms with Crippen LogP contribution in [0.5, 0.6) is 0 Å². The summed E-state index contributed by atoms with van der Waals surface area (Å²) in [5.41, 5.74) is 0.647. The third kappa shape index (κ3) is 4.54. The predicted molar refractivity (Wildman–Crippen MR) is 76.8 cm³/mol. The second-order valence-electron chi connectivity index (χ2n) is 5.68. The molecule has 2 rings (SSSR count). The monoisotopic (exact) mass is 281 g/mol. The number of aliphatic hydroxyl groups is 2. The van der Waals surface area contributed by atoms with E-state index in [2.05, 4.69) is 4.90 Å². The molecule has 1 aromatic rings. The SMILES string of the molecule is OCCC1CCCN(CCC(O)c2cccc(F)c2)C1. The first-order chi connectivity index (χ1) is 9.69. The van der Waals surface area contributed by atoms with E-state index in [9.17, 15) is 9.50 Å². The van der Waals surface area contributed by atoms with E-state index < -0.39 is 6.10 Å². The minimum Gasteiger partial charge on any atom is -0.396 e. The quantitative estimate of drug-likeness (QED) is 0.841. The van der Waals surface area contributed by atoms with Gasteiger partial charge in [-0.1, -0.05) is 12.1 Å². The number of nitrogens with zero attached hydrogens (tertiary/aromatic N) is 1. The predicted octanol–water partition coefficient (Wildman–Crippen LogP) is 2.34. The lowest BCUT2D eigenvalue weighted by atomic mass is 9.95. The lowest BCUT2D eigenvalue weighted by Gasteiger charge is -2.33. The van der Waals surface area contributed by atoms with Crippen molar-refractivity contribution in [2.24, 2.45) is 5.92 Å². The van der Waals surface area contributed by atoms with Crippen LogP contribution in [0.2, 0.25) is 0 Å². The van der Waals surface area contributed by atoms with E-state index in [-0.39, 0.29) is 12.4 Å². The fourth-order valence-corrected chi connectivity index (χ4v) is 2.96. The van der Waals surface area contributed by atoms with Gasteiger partial charge in [0.2, 0.25) is 0 Å². The van der Waals surface area contributed by atoms with E-state index in [1.54, 1.807) is 12.1 Å². The number of aliphatic hydroxyl groups excluding tert-OH is 2. The van der Waals surface area contributed by atoms with Gasteiger partial charge in [-0.05, 0) is 55.8 Å². The van der Waals surface area contributed by atoms with Crippen LogP contribution in [-0.4, -0.2) is 41.4 Å². The van der Waals surface area contributed by atoms with Crippen LogP contribution < -0.4 is 0 Å². The summed E-state index contributed by atoms with van der Waals surface area (Å²) < 4.78 is 13.1. The minimum absolute atomic E-state index is 0.254. The van der Waals surface area contributed by atoms with E-state index in [0.29, 0.717) is 17.9 Å². The van der Waals surface area contributed by atoms with Crippen LogP contribution in [0.4, 0.5) is 4.39 Å². The van der Waals surface area contributed by atoms with Crippen molar-refractivity contribution >= 4 is 0 Å². The number of rotatable bonds is 6. The molecule has 1 aliphatic heterocycles. The maximum atomic E-state index is 13.1. The molecule has 0 bridgehead atoms. The molecule has 1 aliphatic rings. The Labute approximate surface area is 120 Å². The van der Waals surface area contributed by atoms with Gasteiger partial charge in [0.1, 0.15) is 5.82 Å². The van der Waals surface area contributed by atoms with Crippen LogP contribution in [0.25, 0.3) is 0 Å². The highest BCUT2D eigenvalue weighted by molar-refractivity contribution is 5.18. The Hall–Kier alpha value is -0.970. The van der Waals surface area contributed by atoms with Crippen molar-refractivity contribution in [1.82, 2.24) is 4.90 Å². The molecular weight excluding hydrogens is 257 g/mol. The molecule has 4 heteroatoms. The van der Waals surface area contributed by atoms with Crippen LogP contribution in [0.3, 0.4) is 0 Å². The molecule has 20 heavy (non-hydrogen) atoms. The van der Waals surface area contributed by atoms with E-state index >= 15 is 0 Å². The second-order valence-corrected chi connectivity index (χ2v) is 5.68. The molecular formula is C16H24FNO2. The van der Waals surface area contributed by atoms with E-state index in [1.807, 2.05) is 0 Å². The molecule has 1 saturated heterocycles. The van der Waals surface area contributed by atoms with E-state index in [1.165, 1.54) is 18.6 Å². The van der Waals surface area contributed by atoms with Gasteiger partial charge in [0.25, 0.3) is 0 Å². The van der Waals surface area contributed by atoms with Crippen LogP contribution >= 0.6 is 0 Å². The van der Waals surface area contributed by atoms with Crippen LogP contribution in [-0.2, 0) is 0 Å². The lowest BCUT2D eigenvalue weighted by molar-refractivity contribution is 0.110. The Balaban J connectivity index is 1.79. The third-order valence-electron chi connectivity index (χ3n) is 4.09. The Morgan fingerprint density at radius 3 is 3.00 bits per heavy atom. The lowest BCUT2D eigenvalue weighted by Crippen LogP contribution is -2.36. The first-order valence-corrected chi connectivity index (χ1v) is 7.46. The van der Waals surface area contributed by atoms with Gasteiger partial charge in [0.05, 0.1) is 6.10 Å². The number of benzene rings is 1. The highest BCUT2D eigenvalue weighted by atomic mass is 19.1. The standard InChI is InChI=1S/C16H24FNO2/c17-15-5-1-4-14(11-15)16(20)6-9-18-8-2-3-13(12-18)7-10-19/h1,4-5,11,13,16,19-20H,2-3,6-10,12H2. The fraction of sp³-hybridized carbons (Fsp3) is 0.625. The Kier molecular flexibility index (Phi) is 5.95. The van der Waals surface area contributed by atoms with Crippen LogP contribution in [0.15, 0.2) is 24.3 Å². The van der Waals surface area contributed by atoms with Gasteiger partial charge < -0.3 is 15.1 Å². The molecule has 0 radical (unpaired) electrons. The Morgan fingerprint density at radius 1 is 1.40 bits per heavy atom. The van der Waals surface area contributed by atoms with Gasteiger partial charge >= 0.3 is 0 Å². The first-order valence-electron chi connectivity index (χ1n) is 7.46. The largest absolute Gasteiger partial charge is 0.396 e. The highest BCUT2D eigenvalue weighted by Crippen LogP contribution is 2.22. The van der Waals surface area contributed by atoms with Gasteiger partial charge in [-0.15, -0.1) is 0 Å². The maximum absolute atomic E-state index is 13.1. The van der Waals surface area contributed by atoms with Gasteiger partial charge in [-0.3, -0.25) is 0 Å². The maximum Gasteiger partial charge on any atom is 0.123 e. The summed E-state index contributed by atoms with van der Waals surface area (Å²) in [6, 6.07) is 6.18. The molecule has 2 N–H and O–H groups in total. The number of likely N-dealkylation sites (tertiary alicyclic amines) is 1. The number of piperidine rings is 1. The molecule has 1 aromatic carbocycles. The zero-order valence-corrected chi connectivity index (χ0v) is 11.8. The van der Waals surface area contributed by atoms with Crippen molar-refractivity contribution in [3.05, 3.63) is 35.6 Å². The zero-order valence-electron chi connectivity index (χ0n) is 11.8. The van der Waals surface area contributed by atoms with Crippen LogP contribution in [0.1, 0.15) is 37.4 Å². The summed E-state index contributed by atoms with van der Waals surface area (Å²) in [7, 11) is 0. The number of halogens is 1. The topological polar surface area (TPSA) is 43.7 Å². The molecule has 0 aromatic heterocycles. The van der Waals surface area contributed by atoms with Crippen molar-refractivity contribution in [1.29, 1.82) is 0 Å². The van der Waals surface area contributed by atoms with Crippen molar-refractivity contribution in [2.45, 2.75) is 31.8 Å². The molecule has 1 fully saturated rings. The molecule has 0 aliphatic carbocycles. The number of hydrogen-bond acceptors (Lipinski definition) is 3. The van der Waals surface area contributed by atoms with Gasteiger partial charge in [0, 0.05) is 19.7 Å². The summed E-state index contributed by atoms with van der Waals surface area (Å²) in [6.45, 7) is 3.12. The normalized spacial score (nSPS) is 21.9. The molecule has 2 atom stereocenters. The summed E-state index contributed by atoms with van der Waals surface area (Å²) >= 11 is 0. The molecule has 1 heterocycles. The van der Waals surface area contributed by atoms with Gasteiger partial charge in [-0.2, -0.15) is 0 Å². The first kappa shape index (κ1) is 15.4. The molecule has 0 amide bonds. The van der Waals surface area contributed by atoms with Crippen molar-refractivity contribution in [3.8, 4) is 0 Å². The summed E-state index contributed by atoms with van der Waals surface area (Å²) in [6.07, 6.45) is 3.21. The minimum atomic E-state index is -0.607. The Morgan fingerprint density at radius 2 is 2.25 bits per heavy atom. The highest BCUT2D eigenvalue weighted by Gasteiger charge is 2.20. The summed E-state index contributed by atoms with van der Waals surface area (Å²) in [4.78, 5) is 2.34. The van der Waals surface area contributed by atoms with Crippen molar-refractivity contribution in [2.75, 3.05) is 26.2 Å². The van der Waals surface area contributed by atoms with Crippen molar-refractivity contribution in [3.63, 3.8) is 0 Å². The van der Waals surface area contributed by atoms with E-state index in [4.69, 9.17) is 5.11 Å².